The zero-order chi connectivity index (χ0) is 19.5. The highest BCUT2D eigenvalue weighted by atomic mass is 16.5. The number of Topliss-reactive ketones (excluding diaryl/α,β-unsaturated/α-hetero) is 1. The first kappa shape index (κ1) is 17.8. The predicted octanol–water partition coefficient (Wildman–Crippen LogP) is 4.12. The fourth-order valence-electron chi connectivity index (χ4n) is 3.39. The average molecular weight is 373 g/mol. The van der Waals surface area contributed by atoms with Crippen molar-refractivity contribution in [2.75, 3.05) is 19.0 Å². The van der Waals surface area contributed by atoms with Crippen molar-refractivity contribution in [1.82, 2.24) is 0 Å². The zero-order valence-electron chi connectivity index (χ0n) is 15.4. The van der Waals surface area contributed by atoms with Gasteiger partial charge in [0.05, 0.1) is 25.0 Å². The Hall–Kier alpha value is -3.60. The second-order valence-electron chi connectivity index (χ2n) is 6.44. The molecule has 0 spiro atoms. The van der Waals surface area contributed by atoms with Crippen LogP contribution in [-0.4, -0.2) is 25.4 Å². The molecule has 0 radical (unpaired) electrons. The third kappa shape index (κ3) is 3.34. The predicted molar refractivity (Wildman–Crippen MR) is 107 cm³/mol. The quantitative estimate of drug-likeness (QED) is 0.660. The van der Waals surface area contributed by atoms with Gasteiger partial charge in [-0.3, -0.25) is 9.59 Å². The molecule has 0 saturated heterocycles. The van der Waals surface area contributed by atoms with Crippen LogP contribution < -0.4 is 14.8 Å². The van der Waals surface area contributed by atoms with E-state index in [0.717, 1.165) is 28.2 Å². The van der Waals surface area contributed by atoms with E-state index in [1.165, 1.54) is 0 Å². The molecule has 0 aliphatic carbocycles. The topological polar surface area (TPSA) is 64.6 Å². The number of anilines is 1. The molecule has 4 rings (SSSR count). The summed E-state index contributed by atoms with van der Waals surface area (Å²) >= 11 is 0. The molecular weight excluding hydrogens is 354 g/mol. The minimum atomic E-state index is -0.591. The molecule has 0 bridgehead atoms. The summed E-state index contributed by atoms with van der Waals surface area (Å²) < 4.78 is 11.0. The molecule has 5 heteroatoms. The first-order valence-electron chi connectivity index (χ1n) is 9.01. The van der Waals surface area contributed by atoms with Crippen LogP contribution in [0.1, 0.15) is 15.9 Å². The molecule has 1 amide bonds. The molecule has 1 aliphatic rings. The Morgan fingerprint density at radius 3 is 2.32 bits per heavy atom. The molecule has 1 aliphatic heterocycles. The third-order valence-electron chi connectivity index (χ3n) is 4.76. The van der Waals surface area contributed by atoms with Gasteiger partial charge in [0.25, 0.3) is 11.7 Å². The van der Waals surface area contributed by atoms with Gasteiger partial charge in [-0.1, -0.05) is 36.4 Å². The molecule has 0 fully saturated rings. The largest absolute Gasteiger partial charge is 0.497 e. The van der Waals surface area contributed by atoms with Crippen LogP contribution in [0.15, 0.2) is 66.7 Å². The Kier molecular flexibility index (Phi) is 4.81. The van der Waals surface area contributed by atoms with Gasteiger partial charge in [-0.15, -0.1) is 0 Å². The van der Waals surface area contributed by atoms with Crippen molar-refractivity contribution in [1.29, 1.82) is 0 Å². The molecule has 5 nitrogen and oxygen atoms in total. The molecule has 3 aromatic rings. The minimum Gasteiger partial charge on any atom is -0.497 e. The summed E-state index contributed by atoms with van der Waals surface area (Å²) in [4.78, 5) is 24.4. The zero-order valence-corrected chi connectivity index (χ0v) is 15.4. The van der Waals surface area contributed by atoms with Gasteiger partial charge in [0.1, 0.15) is 11.5 Å². The highest BCUT2D eigenvalue weighted by Crippen LogP contribution is 2.35. The number of benzene rings is 3. The average Bonchev–Trinajstić information content (AvgIpc) is 3.03. The molecule has 3 aromatic carbocycles. The molecular formula is C23H19NO4. The maximum absolute atomic E-state index is 12.5. The first-order chi connectivity index (χ1) is 13.7. The number of rotatable bonds is 6. The second-order valence-corrected chi connectivity index (χ2v) is 6.44. The van der Waals surface area contributed by atoms with E-state index in [0.29, 0.717) is 24.3 Å². The molecule has 140 valence electrons. The van der Waals surface area contributed by atoms with Crippen LogP contribution >= 0.6 is 0 Å². The lowest BCUT2D eigenvalue weighted by molar-refractivity contribution is -0.112. The minimum absolute atomic E-state index is 0.394. The number of para-hydroxylation sites is 1. The van der Waals surface area contributed by atoms with Crippen LogP contribution in [0.25, 0.3) is 11.1 Å². The standard InChI is InChI=1S/C23H19NO4/c1-27-16-9-7-15(8-10-16)18-11-12-20-21(22(25)23(26)24-20)19(18)13-14-28-17-5-3-2-4-6-17/h2-12H,13-14H2,1H3,(H,24,25,26). The van der Waals surface area contributed by atoms with Crippen LogP contribution in [0.2, 0.25) is 0 Å². The number of carbonyl (C=O) groups is 2. The summed E-state index contributed by atoms with van der Waals surface area (Å²) in [5.74, 6) is 0.431. The second kappa shape index (κ2) is 7.56. The van der Waals surface area contributed by atoms with Gasteiger partial charge < -0.3 is 14.8 Å². The van der Waals surface area contributed by atoms with E-state index in [1.54, 1.807) is 13.2 Å². The van der Waals surface area contributed by atoms with E-state index >= 15 is 0 Å². The summed E-state index contributed by atoms with van der Waals surface area (Å²) in [6.07, 6.45) is 0.500. The fourth-order valence-corrected chi connectivity index (χ4v) is 3.39. The van der Waals surface area contributed by atoms with Crippen LogP contribution in [-0.2, 0) is 11.2 Å². The van der Waals surface area contributed by atoms with Crippen molar-refractivity contribution in [3.63, 3.8) is 0 Å². The van der Waals surface area contributed by atoms with Gasteiger partial charge >= 0.3 is 0 Å². The van der Waals surface area contributed by atoms with Crippen molar-refractivity contribution in [3.05, 3.63) is 77.9 Å². The lowest BCUT2D eigenvalue weighted by atomic mass is 9.91. The van der Waals surface area contributed by atoms with Gasteiger partial charge in [0.15, 0.2) is 0 Å². The summed E-state index contributed by atoms with van der Waals surface area (Å²) in [6.45, 7) is 0.394. The highest BCUT2D eigenvalue weighted by Gasteiger charge is 2.32. The van der Waals surface area contributed by atoms with Crippen molar-refractivity contribution < 1.29 is 19.1 Å². The lowest BCUT2D eigenvalue weighted by Crippen LogP contribution is -2.14. The lowest BCUT2D eigenvalue weighted by Gasteiger charge is -2.15. The number of fused-ring (bicyclic) bond motifs is 1. The number of methoxy groups -OCH3 is 1. The van der Waals surface area contributed by atoms with Crippen LogP contribution in [0.4, 0.5) is 5.69 Å². The van der Waals surface area contributed by atoms with Crippen LogP contribution in [0.5, 0.6) is 11.5 Å². The van der Waals surface area contributed by atoms with Crippen molar-refractivity contribution >= 4 is 17.4 Å². The van der Waals surface area contributed by atoms with E-state index in [2.05, 4.69) is 5.32 Å². The normalized spacial score (nSPS) is 12.5. The van der Waals surface area contributed by atoms with E-state index in [-0.39, 0.29) is 0 Å². The van der Waals surface area contributed by atoms with Gasteiger partial charge in [0, 0.05) is 6.42 Å². The van der Waals surface area contributed by atoms with Gasteiger partial charge in [0.2, 0.25) is 0 Å². The first-order valence-corrected chi connectivity index (χ1v) is 9.01. The SMILES string of the molecule is COc1ccc(-c2ccc3c(c2CCOc2ccccc2)C(=O)C(=O)N3)cc1. The molecule has 0 aromatic heterocycles. The molecule has 1 N–H and O–H groups in total. The molecule has 28 heavy (non-hydrogen) atoms. The monoisotopic (exact) mass is 373 g/mol. The number of carbonyl (C=O) groups excluding carboxylic acids is 2. The van der Waals surface area contributed by atoms with E-state index < -0.39 is 11.7 Å². The van der Waals surface area contributed by atoms with Gasteiger partial charge in [-0.25, -0.2) is 0 Å². The van der Waals surface area contributed by atoms with Crippen molar-refractivity contribution in [2.24, 2.45) is 0 Å². The Bertz CT molecular complexity index is 1030. The molecule has 1 heterocycles. The van der Waals surface area contributed by atoms with E-state index in [4.69, 9.17) is 9.47 Å². The molecule has 0 unspecified atom stereocenters. The number of hydrogen-bond acceptors (Lipinski definition) is 4. The summed E-state index contributed by atoms with van der Waals surface area (Å²) in [5, 5.41) is 2.64. The van der Waals surface area contributed by atoms with Crippen LogP contribution in [0, 0.1) is 0 Å². The summed E-state index contributed by atoms with van der Waals surface area (Å²) in [6, 6.07) is 20.8. The Balaban J connectivity index is 1.69. The number of nitrogens with one attached hydrogen (secondary N) is 1. The molecule has 0 saturated carbocycles. The van der Waals surface area contributed by atoms with E-state index in [9.17, 15) is 9.59 Å². The third-order valence-corrected chi connectivity index (χ3v) is 4.76. The number of ether oxygens (including phenoxy) is 2. The number of amides is 1. The number of hydrogen-bond donors (Lipinski definition) is 1. The van der Waals surface area contributed by atoms with Crippen LogP contribution in [0.3, 0.4) is 0 Å². The van der Waals surface area contributed by atoms with Gasteiger partial charge in [-0.05, 0) is 47.0 Å². The summed E-state index contributed by atoms with van der Waals surface area (Å²) in [5.41, 5.74) is 3.66. The highest BCUT2D eigenvalue weighted by molar-refractivity contribution is 6.52. The maximum atomic E-state index is 12.5. The maximum Gasteiger partial charge on any atom is 0.296 e. The van der Waals surface area contributed by atoms with E-state index in [1.807, 2.05) is 60.7 Å². The van der Waals surface area contributed by atoms with Crippen molar-refractivity contribution in [3.8, 4) is 22.6 Å². The Morgan fingerprint density at radius 1 is 0.857 bits per heavy atom. The Labute approximate surface area is 162 Å². The smallest absolute Gasteiger partial charge is 0.296 e. The number of ketones is 1. The fraction of sp³-hybridized carbons (Fsp3) is 0.130. The molecule has 0 atom stereocenters. The summed E-state index contributed by atoms with van der Waals surface area (Å²) in [7, 11) is 1.62. The van der Waals surface area contributed by atoms with Crippen molar-refractivity contribution in [2.45, 2.75) is 6.42 Å². The Morgan fingerprint density at radius 2 is 1.61 bits per heavy atom. The van der Waals surface area contributed by atoms with Gasteiger partial charge in [-0.2, -0.15) is 0 Å².